The fourth-order valence-electron chi connectivity index (χ4n) is 1.95. The highest BCUT2D eigenvalue weighted by molar-refractivity contribution is 6.31. The lowest BCUT2D eigenvalue weighted by atomic mass is 10.0. The second-order valence-corrected chi connectivity index (χ2v) is 4.39. The number of carbonyl (C=O) groups excluding carboxylic acids is 1. The molecular weight excluding hydrogens is 248 g/mol. The van der Waals surface area contributed by atoms with Gasteiger partial charge < -0.3 is 4.98 Å². The number of pyridine rings is 1. The van der Waals surface area contributed by atoms with Crippen LogP contribution in [0.5, 0.6) is 0 Å². The van der Waals surface area contributed by atoms with E-state index in [0.29, 0.717) is 16.1 Å². The van der Waals surface area contributed by atoms with Crippen LogP contribution < -0.4 is 0 Å². The number of aromatic amines is 1. The quantitative estimate of drug-likeness (QED) is 0.714. The van der Waals surface area contributed by atoms with E-state index in [9.17, 15) is 4.79 Å². The molecule has 18 heavy (non-hydrogen) atoms. The third-order valence-electron chi connectivity index (χ3n) is 2.83. The van der Waals surface area contributed by atoms with Crippen molar-refractivity contribution in [2.24, 2.45) is 0 Å². The van der Waals surface area contributed by atoms with Gasteiger partial charge in [0, 0.05) is 45.6 Å². The van der Waals surface area contributed by atoms with Crippen LogP contribution in [0, 0.1) is 0 Å². The zero-order valence-corrected chi connectivity index (χ0v) is 10.1. The highest BCUT2D eigenvalue weighted by Gasteiger charge is 2.13. The minimum Gasteiger partial charge on any atom is -0.360 e. The second-order valence-electron chi connectivity index (χ2n) is 3.96. The Kier molecular flexibility index (Phi) is 2.61. The lowest BCUT2D eigenvalue weighted by Gasteiger charge is -1.99. The standard InChI is InChI=1S/C14H9ClN2O/c15-10-1-2-11-12(8-17-13(11)7-10)14(18)9-3-5-16-6-4-9/h1-8,17H. The van der Waals surface area contributed by atoms with Crippen molar-refractivity contribution in [2.75, 3.05) is 0 Å². The average molecular weight is 257 g/mol. The van der Waals surface area contributed by atoms with Gasteiger partial charge in [-0.1, -0.05) is 17.7 Å². The molecule has 3 aromatic rings. The first-order chi connectivity index (χ1) is 8.75. The molecule has 0 bridgehead atoms. The fraction of sp³-hybridized carbons (Fsp3) is 0. The van der Waals surface area contributed by atoms with Crippen LogP contribution in [0.2, 0.25) is 5.02 Å². The number of hydrogen-bond donors (Lipinski definition) is 1. The predicted octanol–water partition coefficient (Wildman–Crippen LogP) is 3.45. The lowest BCUT2D eigenvalue weighted by molar-refractivity contribution is 0.104. The van der Waals surface area contributed by atoms with Crippen LogP contribution in [0.1, 0.15) is 15.9 Å². The molecule has 0 amide bonds. The summed E-state index contributed by atoms with van der Waals surface area (Å²) in [5.41, 5.74) is 2.13. The number of rotatable bonds is 2. The summed E-state index contributed by atoms with van der Waals surface area (Å²) >= 11 is 5.91. The zero-order valence-electron chi connectivity index (χ0n) is 9.35. The Hall–Kier alpha value is -2.13. The fourth-order valence-corrected chi connectivity index (χ4v) is 2.12. The normalized spacial score (nSPS) is 10.7. The van der Waals surface area contributed by atoms with Gasteiger partial charge in [-0.3, -0.25) is 9.78 Å². The van der Waals surface area contributed by atoms with E-state index in [1.54, 1.807) is 42.9 Å². The molecule has 1 N–H and O–H groups in total. The molecule has 4 heteroatoms. The van der Waals surface area contributed by atoms with Crippen LogP contribution in [-0.4, -0.2) is 15.8 Å². The third-order valence-corrected chi connectivity index (χ3v) is 3.07. The van der Waals surface area contributed by atoms with Gasteiger partial charge in [-0.15, -0.1) is 0 Å². The SMILES string of the molecule is O=C(c1ccncc1)c1c[nH]c2cc(Cl)ccc12. The predicted molar refractivity (Wildman–Crippen MR) is 71.0 cm³/mol. The maximum Gasteiger partial charge on any atom is 0.195 e. The highest BCUT2D eigenvalue weighted by Crippen LogP contribution is 2.23. The minimum absolute atomic E-state index is 0.0222. The van der Waals surface area contributed by atoms with Gasteiger partial charge in [0.1, 0.15) is 0 Å². The van der Waals surface area contributed by atoms with Crippen molar-refractivity contribution in [3.8, 4) is 0 Å². The van der Waals surface area contributed by atoms with Crippen LogP contribution in [0.15, 0.2) is 48.9 Å². The van der Waals surface area contributed by atoms with Crippen LogP contribution in [-0.2, 0) is 0 Å². The monoisotopic (exact) mass is 256 g/mol. The number of aromatic nitrogens is 2. The Balaban J connectivity index is 2.13. The summed E-state index contributed by atoms with van der Waals surface area (Å²) in [5.74, 6) is -0.0222. The number of nitrogens with zero attached hydrogens (tertiary/aromatic N) is 1. The van der Waals surface area contributed by atoms with Crippen LogP contribution in [0.25, 0.3) is 10.9 Å². The van der Waals surface area contributed by atoms with Crippen molar-refractivity contribution < 1.29 is 4.79 Å². The van der Waals surface area contributed by atoms with Gasteiger partial charge in [0.15, 0.2) is 5.78 Å². The Bertz CT molecular complexity index is 719. The van der Waals surface area contributed by atoms with Crippen LogP contribution >= 0.6 is 11.6 Å². The zero-order chi connectivity index (χ0) is 12.5. The molecule has 0 unspecified atom stereocenters. The molecule has 88 valence electrons. The van der Waals surface area contributed by atoms with E-state index >= 15 is 0 Å². The topological polar surface area (TPSA) is 45.8 Å². The molecule has 1 aromatic carbocycles. The molecule has 0 atom stereocenters. The number of carbonyl (C=O) groups is 1. The highest BCUT2D eigenvalue weighted by atomic mass is 35.5. The van der Waals surface area contributed by atoms with E-state index in [4.69, 9.17) is 11.6 Å². The van der Waals surface area contributed by atoms with Crippen molar-refractivity contribution in [3.05, 3.63) is 65.1 Å². The number of halogens is 1. The summed E-state index contributed by atoms with van der Waals surface area (Å²) in [7, 11) is 0. The van der Waals surface area contributed by atoms with Crippen LogP contribution in [0.4, 0.5) is 0 Å². The van der Waals surface area contributed by atoms with Crippen molar-refractivity contribution >= 4 is 28.3 Å². The maximum absolute atomic E-state index is 12.3. The molecule has 0 fully saturated rings. The van der Waals surface area contributed by atoms with E-state index in [2.05, 4.69) is 9.97 Å². The van der Waals surface area contributed by atoms with Crippen molar-refractivity contribution in [1.82, 2.24) is 9.97 Å². The van der Waals surface area contributed by atoms with Gasteiger partial charge in [-0.25, -0.2) is 0 Å². The molecular formula is C14H9ClN2O. The largest absolute Gasteiger partial charge is 0.360 e. The Labute approximate surface area is 108 Å². The average Bonchev–Trinajstić information content (AvgIpc) is 2.81. The number of H-pyrrole nitrogens is 1. The first-order valence-electron chi connectivity index (χ1n) is 5.47. The number of hydrogen-bond acceptors (Lipinski definition) is 2. The molecule has 2 heterocycles. The van der Waals surface area contributed by atoms with Gasteiger partial charge in [0.2, 0.25) is 0 Å². The van der Waals surface area contributed by atoms with Gasteiger partial charge >= 0.3 is 0 Å². The lowest BCUT2D eigenvalue weighted by Crippen LogP contribution is -1.99. The Morgan fingerprint density at radius 2 is 1.94 bits per heavy atom. The molecule has 2 aromatic heterocycles. The molecule has 0 aliphatic carbocycles. The molecule has 3 rings (SSSR count). The molecule has 0 saturated heterocycles. The van der Waals surface area contributed by atoms with Gasteiger partial charge in [0.05, 0.1) is 0 Å². The van der Waals surface area contributed by atoms with E-state index < -0.39 is 0 Å². The van der Waals surface area contributed by atoms with Gasteiger partial charge in [-0.05, 0) is 24.3 Å². The summed E-state index contributed by atoms with van der Waals surface area (Å²) < 4.78 is 0. The van der Waals surface area contributed by atoms with Crippen molar-refractivity contribution in [1.29, 1.82) is 0 Å². The van der Waals surface area contributed by atoms with E-state index in [1.807, 2.05) is 6.07 Å². The number of ketones is 1. The van der Waals surface area contributed by atoms with Crippen molar-refractivity contribution in [2.45, 2.75) is 0 Å². The van der Waals surface area contributed by atoms with Crippen LogP contribution in [0.3, 0.4) is 0 Å². The van der Waals surface area contributed by atoms with Crippen molar-refractivity contribution in [3.63, 3.8) is 0 Å². The number of fused-ring (bicyclic) bond motifs is 1. The summed E-state index contributed by atoms with van der Waals surface area (Å²) in [4.78, 5) is 19.3. The second kappa shape index (κ2) is 4.27. The summed E-state index contributed by atoms with van der Waals surface area (Å²) in [6.07, 6.45) is 4.93. The Morgan fingerprint density at radius 1 is 1.17 bits per heavy atom. The first-order valence-corrected chi connectivity index (χ1v) is 5.85. The Morgan fingerprint density at radius 3 is 2.72 bits per heavy atom. The van der Waals surface area contributed by atoms with E-state index in [0.717, 1.165) is 10.9 Å². The summed E-state index contributed by atoms with van der Waals surface area (Å²) in [6, 6.07) is 8.85. The molecule has 0 aliphatic rings. The molecule has 0 spiro atoms. The molecule has 3 nitrogen and oxygen atoms in total. The summed E-state index contributed by atoms with van der Waals surface area (Å²) in [5, 5.41) is 1.52. The first kappa shape index (κ1) is 11.0. The number of benzene rings is 1. The van der Waals surface area contributed by atoms with E-state index in [1.165, 1.54) is 0 Å². The molecule has 0 saturated carbocycles. The van der Waals surface area contributed by atoms with Gasteiger partial charge in [-0.2, -0.15) is 0 Å². The number of nitrogens with one attached hydrogen (secondary N) is 1. The molecule has 0 aliphatic heterocycles. The summed E-state index contributed by atoms with van der Waals surface area (Å²) in [6.45, 7) is 0. The van der Waals surface area contributed by atoms with E-state index in [-0.39, 0.29) is 5.78 Å². The maximum atomic E-state index is 12.3. The third kappa shape index (κ3) is 1.79. The smallest absolute Gasteiger partial charge is 0.195 e. The van der Waals surface area contributed by atoms with Gasteiger partial charge in [0.25, 0.3) is 0 Å². The minimum atomic E-state index is -0.0222. The molecule has 0 radical (unpaired) electrons.